The summed E-state index contributed by atoms with van der Waals surface area (Å²) in [5.41, 5.74) is 0.0270. The van der Waals surface area contributed by atoms with Crippen LogP contribution in [0.4, 0.5) is 14.3 Å². The van der Waals surface area contributed by atoms with Crippen molar-refractivity contribution in [3.8, 4) is 0 Å². The summed E-state index contributed by atoms with van der Waals surface area (Å²) in [5.74, 6) is -1.43. The molecule has 1 atom stereocenters. The van der Waals surface area contributed by atoms with E-state index in [1.165, 1.54) is 18.2 Å². The van der Waals surface area contributed by atoms with Gasteiger partial charge < -0.3 is 10.6 Å². The first-order valence-corrected chi connectivity index (χ1v) is 9.80. The minimum absolute atomic E-state index is 0.271. The van der Waals surface area contributed by atoms with E-state index < -0.39 is 35.7 Å². The van der Waals surface area contributed by atoms with Crippen molar-refractivity contribution >= 4 is 44.5 Å². The van der Waals surface area contributed by atoms with Crippen molar-refractivity contribution in [2.24, 2.45) is 0 Å². The highest BCUT2D eigenvalue weighted by atomic mass is 32.1. The third-order valence-corrected chi connectivity index (χ3v) is 5.80. The lowest BCUT2D eigenvalue weighted by Crippen LogP contribution is -2.44. The second-order valence-electron chi connectivity index (χ2n) is 6.63. The van der Waals surface area contributed by atoms with Crippen LogP contribution in [0.5, 0.6) is 0 Å². The van der Waals surface area contributed by atoms with E-state index in [-0.39, 0.29) is 5.13 Å². The fourth-order valence-corrected chi connectivity index (χ4v) is 4.29. The average molecular weight is 412 g/mol. The number of anilines is 1. The molecule has 1 aliphatic rings. The fraction of sp³-hybridized carbons (Fsp3) is 0.200. The van der Waals surface area contributed by atoms with E-state index in [2.05, 4.69) is 15.6 Å². The number of carbonyl (C=O) groups is 3. The van der Waals surface area contributed by atoms with Crippen molar-refractivity contribution in [1.29, 1.82) is 0 Å². The normalized spacial score (nSPS) is 18.9. The monoisotopic (exact) mass is 412 g/mol. The summed E-state index contributed by atoms with van der Waals surface area (Å²) in [5, 5.41) is 5.58. The number of hydrogen-bond donors (Lipinski definition) is 2. The molecule has 2 N–H and O–H groups in total. The van der Waals surface area contributed by atoms with Crippen molar-refractivity contribution in [3.63, 3.8) is 0 Å². The van der Waals surface area contributed by atoms with Crippen LogP contribution in [0, 0.1) is 5.82 Å². The van der Waals surface area contributed by atoms with E-state index in [9.17, 15) is 18.8 Å². The molecule has 0 bridgehead atoms. The third-order valence-electron chi connectivity index (χ3n) is 4.87. The molecule has 0 radical (unpaired) electrons. The number of nitrogens with one attached hydrogen (secondary N) is 2. The smallest absolute Gasteiger partial charge is 0.319 e. The van der Waals surface area contributed by atoms with Gasteiger partial charge in [0.1, 0.15) is 17.9 Å². The molecule has 0 aliphatic carbocycles. The van der Waals surface area contributed by atoms with Crippen LogP contribution in [0.2, 0.25) is 0 Å². The molecule has 3 aromatic rings. The van der Waals surface area contributed by atoms with E-state index in [1.54, 1.807) is 31.2 Å². The maximum absolute atomic E-state index is 13.3. The van der Waals surface area contributed by atoms with Gasteiger partial charge in [0.15, 0.2) is 5.13 Å². The van der Waals surface area contributed by atoms with E-state index in [0.29, 0.717) is 22.2 Å². The fourth-order valence-electron chi connectivity index (χ4n) is 3.39. The van der Waals surface area contributed by atoms with Crippen molar-refractivity contribution in [1.82, 2.24) is 15.2 Å². The molecule has 4 amide bonds. The van der Waals surface area contributed by atoms with Crippen molar-refractivity contribution < 1.29 is 18.8 Å². The van der Waals surface area contributed by atoms with E-state index in [4.69, 9.17) is 0 Å². The molecule has 29 heavy (non-hydrogen) atoms. The lowest BCUT2D eigenvalue weighted by atomic mass is 9.87. The predicted octanol–water partition coefficient (Wildman–Crippen LogP) is 3.23. The summed E-state index contributed by atoms with van der Waals surface area (Å²) in [6, 6.07) is 12.4. The Morgan fingerprint density at radius 1 is 1.24 bits per heavy atom. The maximum Gasteiger partial charge on any atom is 0.325 e. The Balaban J connectivity index is 1.51. The van der Waals surface area contributed by atoms with Gasteiger partial charge in [0.2, 0.25) is 5.91 Å². The molecule has 1 aliphatic heterocycles. The van der Waals surface area contributed by atoms with Crippen molar-refractivity contribution in [2.75, 3.05) is 11.9 Å². The van der Waals surface area contributed by atoms with Gasteiger partial charge in [-0.3, -0.25) is 14.5 Å². The van der Waals surface area contributed by atoms with Gasteiger partial charge in [-0.05, 0) is 30.2 Å². The van der Waals surface area contributed by atoms with Gasteiger partial charge in [-0.15, -0.1) is 0 Å². The minimum Gasteiger partial charge on any atom is -0.319 e. The first-order chi connectivity index (χ1) is 13.9. The molecular weight excluding hydrogens is 395 g/mol. The number of carbonyl (C=O) groups excluding carboxylic acids is 3. The maximum atomic E-state index is 13.3. The van der Waals surface area contributed by atoms with Crippen LogP contribution in [0.3, 0.4) is 0 Å². The Kier molecular flexibility index (Phi) is 4.75. The summed E-state index contributed by atoms with van der Waals surface area (Å²) in [4.78, 5) is 43.1. The topological polar surface area (TPSA) is 91.4 Å². The number of hydrogen-bond acceptors (Lipinski definition) is 5. The van der Waals surface area contributed by atoms with Crippen molar-refractivity contribution in [2.45, 2.75) is 18.9 Å². The summed E-state index contributed by atoms with van der Waals surface area (Å²) in [7, 11) is 0. The molecular formula is C20H17FN4O3S. The van der Waals surface area contributed by atoms with E-state index in [1.807, 2.05) is 6.07 Å². The lowest BCUT2D eigenvalue weighted by molar-refractivity contribution is -0.134. The van der Waals surface area contributed by atoms with Gasteiger partial charge in [0.05, 0.1) is 10.2 Å². The number of aromatic nitrogens is 1. The van der Waals surface area contributed by atoms with Crippen LogP contribution in [-0.2, 0) is 15.1 Å². The molecule has 148 valence electrons. The molecule has 4 rings (SSSR count). The van der Waals surface area contributed by atoms with Gasteiger partial charge in [0.25, 0.3) is 5.91 Å². The Morgan fingerprint density at radius 2 is 2.00 bits per heavy atom. The van der Waals surface area contributed by atoms with Gasteiger partial charge in [0, 0.05) is 0 Å². The Hall–Kier alpha value is -3.33. The van der Waals surface area contributed by atoms with Crippen LogP contribution < -0.4 is 10.6 Å². The van der Waals surface area contributed by atoms with Crippen LogP contribution in [0.1, 0.15) is 18.9 Å². The zero-order valence-corrected chi connectivity index (χ0v) is 16.3. The predicted molar refractivity (Wildman–Crippen MR) is 107 cm³/mol. The standard InChI is InChI=1S/C20H17FN4O3S/c1-2-20(12-6-4-3-5-7-12)17(27)25(19(28)24-20)11-16(26)23-18-22-14-9-8-13(21)10-15(14)29-18/h3-10H,2,11H2,1H3,(H,24,28)(H,22,23,26). The highest BCUT2D eigenvalue weighted by molar-refractivity contribution is 7.22. The molecule has 1 saturated heterocycles. The SMILES string of the molecule is CCC1(c2ccccc2)NC(=O)N(CC(=O)Nc2nc3ccc(F)cc3s2)C1=O. The van der Waals surface area contributed by atoms with E-state index in [0.717, 1.165) is 16.2 Å². The number of nitrogens with zero attached hydrogens (tertiary/aromatic N) is 2. The number of fused-ring (bicyclic) bond motifs is 1. The molecule has 7 nitrogen and oxygen atoms in total. The largest absolute Gasteiger partial charge is 0.325 e. The van der Waals surface area contributed by atoms with E-state index >= 15 is 0 Å². The second-order valence-corrected chi connectivity index (χ2v) is 7.66. The number of halogens is 1. The zero-order valence-electron chi connectivity index (χ0n) is 15.4. The second kappa shape index (κ2) is 7.25. The number of thiazole rings is 1. The Bertz CT molecular complexity index is 1120. The van der Waals surface area contributed by atoms with Gasteiger partial charge in [-0.25, -0.2) is 14.2 Å². The molecule has 0 spiro atoms. The van der Waals surface area contributed by atoms with Gasteiger partial charge in [-0.2, -0.15) is 0 Å². The number of rotatable bonds is 5. The number of urea groups is 1. The third kappa shape index (κ3) is 3.33. The number of amides is 4. The van der Waals surface area contributed by atoms with Crippen LogP contribution in [-0.4, -0.2) is 34.3 Å². The molecule has 0 saturated carbocycles. The first kappa shape index (κ1) is 19.0. The summed E-state index contributed by atoms with van der Waals surface area (Å²) < 4.78 is 13.9. The zero-order chi connectivity index (χ0) is 20.6. The lowest BCUT2D eigenvalue weighted by Gasteiger charge is -2.25. The average Bonchev–Trinajstić information content (AvgIpc) is 3.21. The minimum atomic E-state index is -1.19. The molecule has 9 heteroatoms. The quantitative estimate of drug-likeness (QED) is 0.630. The Morgan fingerprint density at radius 3 is 2.72 bits per heavy atom. The summed E-state index contributed by atoms with van der Waals surface area (Å²) in [6.07, 6.45) is 0.350. The highest BCUT2D eigenvalue weighted by Crippen LogP contribution is 2.32. The number of imide groups is 1. The van der Waals surface area contributed by atoms with Gasteiger partial charge in [-0.1, -0.05) is 48.6 Å². The van der Waals surface area contributed by atoms with Crippen molar-refractivity contribution in [3.05, 3.63) is 59.9 Å². The molecule has 1 unspecified atom stereocenters. The van der Waals surface area contributed by atoms with Gasteiger partial charge >= 0.3 is 6.03 Å². The highest BCUT2D eigenvalue weighted by Gasteiger charge is 2.51. The first-order valence-electron chi connectivity index (χ1n) is 8.98. The molecule has 2 aromatic carbocycles. The van der Waals surface area contributed by atoms with Crippen LogP contribution >= 0.6 is 11.3 Å². The summed E-state index contributed by atoms with van der Waals surface area (Å²) >= 11 is 1.11. The Labute approximate surface area is 169 Å². The number of benzene rings is 2. The van der Waals surface area contributed by atoms with Crippen LogP contribution in [0.25, 0.3) is 10.2 Å². The molecule has 2 heterocycles. The molecule has 1 fully saturated rings. The van der Waals surface area contributed by atoms with Crippen LogP contribution in [0.15, 0.2) is 48.5 Å². The summed E-state index contributed by atoms with van der Waals surface area (Å²) in [6.45, 7) is 1.36. The molecule has 1 aromatic heterocycles.